The Morgan fingerprint density at radius 3 is 1.63 bits per heavy atom. The molecule has 4 heteroatoms. The Morgan fingerprint density at radius 2 is 1.09 bits per heavy atom. The lowest BCUT2D eigenvalue weighted by molar-refractivity contribution is 0.0841. The van der Waals surface area contributed by atoms with Crippen molar-refractivity contribution in [1.29, 1.82) is 0 Å². The summed E-state index contributed by atoms with van der Waals surface area (Å²) in [5.74, 6) is -1.17. The van der Waals surface area contributed by atoms with Crippen LogP contribution >= 0.6 is 0 Å². The van der Waals surface area contributed by atoms with Gasteiger partial charge in [-0.25, -0.2) is 0 Å². The van der Waals surface area contributed by atoms with Crippen LogP contribution in [0.3, 0.4) is 0 Å². The Bertz CT molecular complexity index is 1210. The minimum Gasteiger partial charge on any atom is -0.388 e. The van der Waals surface area contributed by atoms with Crippen molar-refractivity contribution in [2.75, 3.05) is 6.54 Å². The fourth-order valence-corrected chi connectivity index (χ4v) is 4.41. The largest absolute Gasteiger partial charge is 0.388 e. The molecule has 4 nitrogen and oxygen atoms in total. The summed E-state index contributed by atoms with van der Waals surface area (Å²) in [7, 11) is 0. The quantitative estimate of drug-likeness (QED) is 0.291. The zero-order valence-corrected chi connectivity index (χ0v) is 19.5. The molecular formula is C31H29NO3. The highest BCUT2D eigenvalue weighted by molar-refractivity contribution is 5.99. The first-order valence-corrected chi connectivity index (χ1v) is 11.8. The molecule has 0 heterocycles. The van der Waals surface area contributed by atoms with Gasteiger partial charge in [0.1, 0.15) is 0 Å². The van der Waals surface area contributed by atoms with E-state index in [1.165, 1.54) is 0 Å². The Morgan fingerprint density at radius 1 is 0.629 bits per heavy atom. The number of ketones is 1. The Hall–Kier alpha value is -4.02. The van der Waals surface area contributed by atoms with Crippen LogP contribution in [0.4, 0.5) is 0 Å². The summed E-state index contributed by atoms with van der Waals surface area (Å²) < 4.78 is 0. The number of amides is 1. The summed E-state index contributed by atoms with van der Waals surface area (Å²) in [5, 5.41) is 14.1. The minimum absolute atomic E-state index is 0.0620. The van der Waals surface area contributed by atoms with Crippen LogP contribution < -0.4 is 5.32 Å². The third-order valence-corrected chi connectivity index (χ3v) is 6.29. The monoisotopic (exact) mass is 463 g/mol. The van der Waals surface area contributed by atoms with Crippen LogP contribution in [0.25, 0.3) is 0 Å². The molecule has 3 unspecified atom stereocenters. The van der Waals surface area contributed by atoms with Crippen molar-refractivity contribution in [2.45, 2.75) is 18.4 Å². The molecule has 1 amide bonds. The first-order chi connectivity index (χ1) is 17.1. The number of Topliss-reactive ketones (excluding diaryl/α,β-unsaturated/α-hetero) is 1. The molecule has 176 valence electrons. The van der Waals surface area contributed by atoms with Crippen LogP contribution in [-0.4, -0.2) is 23.3 Å². The van der Waals surface area contributed by atoms with Crippen molar-refractivity contribution in [3.63, 3.8) is 0 Å². The van der Waals surface area contributed by atoms with E-state index in [1.807, 2.05) is 97.1 Å². The summed E-state index contributed by atoms with van der Waals surface area (Å²) in [5.41, 5.74) is 2.87. The van der Waals surface area contributed by atoms with Crippen molar-refractivity contribution < 1.29 is 14.7 Å². The van der Waals surface area contributed by atoms with Crippen LogP contribution in [0.1, 0.15) is 50.3 Å². The normalized spacial score (nSPS) is 13.4. The van der Waals surface area contributed by atoms with Gasteiger partial charge in [-0.05, 0) is 35.6 Å². The number of hydrogen-bond donors (Lipinski definition) is 2. The van der Waals surface area contributed by atoms with Gasteiger partial charge >= 0.3 is 0 Å². The number of hydrogen-bond acceptors (Lipinski definition) is 3. The van der Waals surface area contributed by atoms with Crippen LogP contribution in [0.2, 0.25) is 0 Å². The number of nitrogens with one attached hydrogen (secondary N) is 1. The molecule has 0 aliphatic rings. The molecule has 0 saturated heterocycles. The molecule has 3 atom stereocenters. The van der Waals surface area contributed by atoms with E-state index in [0.29, 0.717) is 17.5 Å². The molecule has 0 spiro atoms. The second-order valence-electron chi connectivity index (χ2n) is 8.59. The van der Waals surface area contributed by atoms with Crippen molar-refractivity contribution in [3.05, 3.63) is 144 Å². The molecule has 4 aromatic carbocycles. The lowest BCUT2D eigenvalue weighted by Crippen LogP contribution is -2.37. The molecule has 0 fully saturated rings. The van der Waals surface area contributed by atoms with Gasteiger partial charge in [0.05, 0.1) is 6.10 Å². The maximum Gasteiger partial charge on any atom is 0.251 e. The first-order valence-electron chi connectivity index (χ1n) is 11.8. The van der Waals surface area contributed by atoms with E-state index in [1.54, 1.807) is 24.3 Å². The fraction of sp³-hybridized carbons (Fsp3) is 0.161. The van der Waals surface area contributed by atoms with E-state index in [4.69, 9.17) is 0 Å². The average molecular weight is 464 g/mol. The Kier molecular flexibility index (Phi) is 8.21. The smallest absolute Gasteiger partial charge is 0.251 e. The van der Waals surface area contributed by atoms with E-state index < -0.39 is 12.0 Å². The highest BCUT2D eigenvalue weighted by atomic mass is 16.3. The molecule has 0 radical (unpaired) electrons. The van der Waals surface area contributed by atoms with Gasteiger partial charge in [0.15, 0.2) is 5.78 Å². The van der Waals surface area contributed by atoms with Crippen LogP contribution in [0.5, 0.6) is 0 Å². The predicted octanol–water partition coefficient (Wildman–Crippen LogP) is 5.82. The number of aliphatic hydroxyl groups is 1. The van der Waals surface area contributed by atoms with Gasteiger partial charge in [-0.15, -0.1) is 0 Å². The third kappa shape index (κ3) is 6.31. The molecule has 0 aliphatic heterocycles. The molecule has 0 aromatic heterocycles. The molecule has 4 rings (SSSR count). The summed E-state index contributed by atoms with van der Waals surface area (Å²) >= 11 is 0. The van der Waals surface area contributed by atoms with Gasteiger partial charge in [0.2, 0.25) is 0 Å². The SMILES string of the molecule is O=C(NCC(C(=O)c1ccccc1)C(CC(O)c1ccccc1)c1ccccc1)c1ccccc1. The number of carbonyl (C=O) groups excluding carboxylic acids is 2. The first kappa shape index (κ1) is 24.1. The van der Waals surface area contributed by atoms with Crippen molar-refractivity contribution in [1.82, 2.24) is 5.32 Å². The molecule has 4 aromatic rings. The van der Waals surface area contributed by atoms with E-state index in [0.717, 1.165) is 11.1 Å². The Balaban J connectivity index is 1.67. The number of carbonyl (C=O) groups is 2. The molecule has 35 heavy (non-hydrogen) atoms. The van der Waals surface area contributed by atoms with Gasteiger partial charge in [-0.1, -0.05) is 109 Å². The molecule has 0 bridgehead atoms. The van der Waals surface area contributed by atoms with Crippen molar-refractivity contribution in [2.24, 2.45) is 5.92 Å². The van der Waals surface area contributed by atoms with E-state index in [-0.39, 0.29) is 24.2 Å². The summed E-state index contributed by atoms with van der Waals surface area (Å²) in [6, 6.07) is 37.3. The lowest BCUT2D eigenvalue weighted by Gasteiger charge is -2.29. The number of aliphatic hydroxyl groups excluding tert-OH is 1. The van der Waals surface area contributed by atoms with Gasteiger partial charge in [-0.2, -0.15) is 0 Å². The maximum atomic E-state index is 13.8. The summed E-state index contributed by atoms with van der Waals surface area (Å²) in [6.07, 6.45) is -0.407. The van der Waals surface area contributed by atoms with Gasteiger partial charge in [0, 0.05) is 23.6 Å². The standard InChI is InChI=1S/C31H29NO3/c33-29(24-15-7-2-8-16-24)21-27(23-13-5-1-6-14-23)28(30(34)25-17-9-3-10-18-25)22-32-31(35)26-19-11-4-12-20-26/h1-20,27-29,33H,21-22H2,(H,32,35). The molecule has 2 N–H and O–H groups in total. The highest BCUT2D eigenvalue weighted by Crippen LogP contribution is 2.36. The second kappa shape index (κ2) is 11.9. The lowest BCUT2D eigenvalue weighted by atomic mass is 9.77. The topological polar surface area (TPSA) is 66.4 Å². The van der Waals surface area contributed by atoms with E-state index in [9.17, 15) is 14.7 Å². The minimum atomic E-state index is -0.752. The average Bonchev–Trinajstić information content (AvgIpc) is 2.94. The maximum absolute atomic E-state index is 13.8. The third-order valence-electron chi connectivity index (χ3n) is 6.29. The van der Waals surface area contributed by atoms with Gasteiger partial charge in [-0.3, -0.25) is 9.59 Å². The summed E-state index contributed by atoms with van der Waals surface area (Å²) in [4.78, 5) is 26.6. The van der Waals surface area contributed by atoms with Gasteiger partial charge in [0.25, 0.3) is 5.91 Å². The predicted molar refractivity (Wildman–Crippen MR) is 138 cm³/mol. The number of benzene rings is 4. The Labute approximate surface area is 206 Å². The van der Waals surface area contributed by atoms with Crippen molar-refractivity contribution >= 4 is 11.7 Å². The molecular weight excluding hydrogens is 434 g/mol. The molecule has 0 aliphatic carbocycles. The van der Waals surface area contributed by atoms with Crippen molar-refractivity contribution in [3.8, 4) is 0 Å². The zero-order valence-electron chi connectivity index (χ0n) is 19.5. The van der Waals surface area contributed by atoms with Gasteiger partial charge < -0.3 is 10.4 Å². The highest BCUT2D eigenvalue weighted by Gasteiger charge is 2.32. The zero-order chi connectivity index (χ0) is 24.5. The second-order valence-corrected chi connectivity index (χ2v) is 8.59. The van der Waals surface area contributed by atoms with Crippen LogP contribution in [-0.2, 0) is 0 Å². The van der Waals surface area contributed by atoms with E-state index in [2.05, 4.69) is 5.32 Å². The number of rotatable bonds is 10. The van der Waals surface area contributed by atoms with E-state index >= 15 is 0 Å². The van der Waals surface area contributed by atoms with Crippen LogP contribution in [0, 0.1) is 5.92 Å². The fourth-order valence-electron chi connectivity index (χ4n) is 4.41. The molecule has 0 saturated carbocycles. The summed E-state index contributed by atoms with van der Waals surface area (Å²) in [6.45, 7) is 0.155. The van der Waals surface area contributed by atoms with Crippen LogP contribution in [0.15, 0.2) is 121 Å².